The highest BCUT2D eigenvalue weighted by atomic mass is 19.1. The quantitative estimate of drug-likeness (QED) is 0.912. The summed E-state index contributed by atoms with van der Waals surface area (Å²) < 4.78 is 14.0. The van der Waals surface area contributed by atoms with Crippen LogP contribution in [-0.4, -0.2) is 13.6 Å². The average Bonchev–Trinajstić information content (AvgIpc) is 2.92. The third kappa shape index (κ3) is 2.42. The molecule has 0 aromatic heterocycles. The van der Waals surface area contributed by atoms with Gasteiger partial charge < -0.3 is 10.2 Å². The van der Waals surface area contributed by atoms with E-state index in [1.54, 1.807) is 6.07 Å². The number of rotatable bonds is 3. The predicted molar refractivity (Wildman–Crippen MR) is 85.8 cm³/mol. The van der Waals surface area contributed by atoms with Gasteiger partial charge in [0, 0.05) is 24.0 Å². The Morgan fingerprint density at radius 1 is 1.19 bits per heavy atom. The summed E-state index contributed by atoms with van der Waals surface area (Å²) in [6.07, 6.45) is 1.04. The van der Waals surface area contributed by atoms with E-state index in [-0.39, 0.29) is 11.9 Å². The summed E-state index contributed by atoms with van der Waals surface area (Å²) in [7, 11) is 1.91. The number of aryl methyl sites for hydroxylation is 1. The number of anilines is 2. The van der Waals surface area contributed by atoms with Crippen LogP contribution < -0.4 is 10.2 Å². The van der Waals surface area contributed by atoms with E-state index in [1.807, 2.05) is 20.0 Å². The summed E-state index contributed by atoms with van der Waals surface area (Å²) >= 11 is 0. The van der Waals surface area contributed by atoms with Crippen LogP contribution in [0.1, 0.15) is 29.7 Å². The fourth-order valence-electron chi connectivity index (χ4n) is 3.01. The van der Waals surface area contributed by atoms with Crippen molar-refractivity contribution in [2.75, 3.05) is 18.5 Å². The van der Waals surface area contributed by atoms with Gasteiger partial charge in [-0.25, -0.2) is 4.39 Å². The molecule has 0 bridgehead atoms. The second kappa shape index (κ2) is 5.49. The number of hydrogen-bond acceptors (Lipinski definition) is 2. The molecule has 110 valence electrons. The fraction of sp³-hybridized carbons (Fsp3) is 0.333. The van der Waals surface area contributed by atoms with E-state index in [0.29, 0.717) is 5.56 Å². The molecular formula is C18H21FN2. The lowest BCUT2D eigenvalue weighted by Gasteiger charge is -2.26. The maximum Gasteiger partial charge on any atom is 0.126 e. The lowest BCUT2D eigenvalue weighted by atomic mass is 10.0. The normalized spacial score (nSPS) is 15.1. The van der Waals surface area contributed by atoms with E-state index in [4.69, 9.17) is 0 Å². The standard InChI is InChI=1S/C18H21FN2/c1-12-10-18(15(11-16(12)19)13(2)20-3)21-9-8-14-6-4-5-7-17(14)21/h4-7,10-11,13,20H,8-9H2,1-3H3. The number of para-hydroxylation sites is 1. The Labute approximate surface area is 125 Å². The Kier molecular flexibility index (Phi) is 3.68. The minimum absolute atomic E-state index is 0.114. The molecule has 0 aliphatic carbocycles. The Hall–Kier alpha value is -1.87. The zero-order valence-corrected chi connectivity index (χ0v) is 12.8. The van der Waals surface area contributed by atoms with Crippen LogP contribution in [0.15, 0.2) is 36.4 Å². The second-order valence-corrected chi connectivity index (χ2v) is 5.70. The first kappa shape index (κ1) is 14.1. The van der Waals surface area contributed by atoms with Crippen LogP contribution in [0.25, 0.3) is 0 Å². The van der Waals surface area contributed by atoms with Crippen molar-refractivity contribution >= 4 is 11.4 Å². The molecule has 1 aliphatic rings. The summed E-state index contributed by atoms with van der Waals surface area (Å²) in [6.45, 7) is 4.85. The van der Waals surface area contributed by atoms with Gasteiger partial charge in [0.05, 0.1) is 0 Å². The number of fused-ring (bicyclic) bond motifs is 1. The molecule has 3 rings (SSSR count). The van der Waals surface area contributed by atoms with Crippen LogP contribution >= 0.6 is 0 Å². The van der Waals surface area contributed by atoms with Crippen molar-refractivity contribution in [3.63, 3.8) is 0 Å². The van der Waals surface area contributed by atoms with Gasteiger partial charge in [-0.15, -0.1) is 0 Å². The minimum Gasteiger partial charge on any atom is -0.341 e. The molecule has 0 amide bonds. The van der Waals surface area contributed by atoms with Gasteiger partial charge in [-0.3, -0.25) is 0 Å². The third-order valence-electron chi connectivity index (χ3n) is 4.39. The SMILES string of the molecule is CNC(C)c1cc(F)c(C)cc1N1CCc2ccccc21. The molecule has 1 unspecified atom stereocenters. The van der Waals surface area contributed by atoms with Gasteiger partial charge in [0.15, 0.2) is 0 Å². The van der Waals surface area contributed by atoms with E-state index in [9.17, 15) is 4.39 Å². The van der Waals surface area contributed by atoms with E-state index in [2.05, 4.69) is 41.4 Å². The Morgan fingerprint density at radius 3 is 2.71 bits per heavy atom. The highest BCUT2D eigenvalue weighted by Crippen LogP contribution is 2.38. The van der Waals surface area contributed by atoms with Gasteiger partial charge >= 0.3 is 0 Å². The molecule has 3 heteroatoms. The van der Waals surface area contributed by atoms with Crippen LogP contribution in [0.3, 0.4) is 0 Å². The number of benzene rings is 2. The van der Waals surface area contributed by atoms with Crippen molar-refractivity contribution in [3.05, 3.63) is 58.9 Å². The molecule has 0 radical (unpaired) electrons. The average molecular weight is 284 g/mol. The van der Waals surface area contributed by atoms with Crippen LogP contribution in [0.5, 0.6) is 0 Å². The van der Waals surface area contributed by atoms with Gasteiger partial charge in [0.1, 0.15) is 5.82 Å². The number of nitrogens with one attached hydrogen (secondary N) is 1. The molecule has 21 heavy (non-hydrogen) atoms. The molecule has 1 aliphatic heterocycles. The zero-order valence-electron chi connectivity index (χ0n) is 12.8. The molecule has 2 aromatic carbocycles. The van der Waals surface area contributed by atoms with Gasteiger partial charge in [0.25, 0.3) is 0 Å². The van der Waals surface area contributed by atoms with E-state index in [1.165, 1.54) is 11.3 Å². The number of hydrogen-bond donors (Lipinski definition) is 1. The maximum atomic E-state index is 14.0. The highest BCUT2D eigenvalue weighted by molar-refractivity contribution is 5.73. The van der Waals surface area contributed by atoms with Gasteiger partial charge in [-0.05, 0) is 62.2 Å². The fourth-order valence-corrected chi connectivity index (χ4v) is 3.01. The molecule has 0 saturated carbocycles. The Balaban J connectivity index is 2.12. The topological polar surface area (TPSA) is 15.3 Å². The number of nitrogens with zero attached hydrogens (tertiary/aromatic N) is 1. The van der Waals surface area contributed by atoms with Crippen molar-refractivity contribution in [1.82, 2.24) is 5.32 Å². The molecule has 0 saturated heterocycles. The maximum absolute atomic E-state index is 14.0. The smallest absolute Gasteiger partial charge is 0.126 e. The van der Waals surface area contributed by atoms with E-state index < -0.39 is 0 Å². The predicted octanol–water partition coefficient (Wildman–Crippen LogP) is 4.11. The van der Waals surface area contributed by atoms with Crippen molar-refractivity contribution in [2.45, 2.75) is 26.3 Å². The van der Waals surface area contributed by atoms with Crippen LogP contribution in [0.2, 0.25) is 0 Å². The van der Waals surface area contributed by atoms with E-state index in [0.717, 1.165) is 24.2 Å². The van der Waals surface area contributed by atoms with Crippen molar-refractivity contribution < 1.29 is 4.39 Å². The molecule has 0 fully saturated rings. The van der Waals surface area contributed by atoms with Gasteiger partial charge in [0.2, 0.25) is 0 Å². The highest BCUT2D eigenvalue weighted by Gasteiger charge is 2.24. The first-order valence-electron chi connectivity index (χ1n) is 7.44. The summed E-state index contributed by atoms with van der Waals surface area (Å²) in [5.74, 6) is -0.136. The number of halogens is 1. The molecule has 0 spiro atoms. The van der Waals surface area contributed by atoms with Crippen molar-refractivity contribution in [3.8, 4) is 0 Å². The Morgan fingerprint density at radius 2 is 1.95 bits per heavy atom. The first-order valence-corrected chi connectivity index (χ1v) is 7.44. The van der Waals surface area contributed by atoms with Crippen LogP contribution in [-0.2, 0) is 6.42 Å². The summed E-state index contributed by atoms with van der Waals surface area (Å²) in [6, 6.07) is 12.2. The molecular weight excluding hydrogens is 263 g/mol. The van der Waals surface area contributed by atoms with Crippen molar-refractivity contribution in [2.24, 2.45) is 0 Å². The second-order valence-electron chi connectivity index (χ2n) is 5.70. The molecule has 1 N–H and O–H groups in total. The first-order chi connectivity index (χ1) is 10.1. The van der Waals surface area contributed by atoms with Gasteiger partial charge in [-0.2, -0.15) is 0 Å². The summed E-state index contributed by atoms with van der Waals surface area (Å²) in [5, 5.41) is 3.22. The minimum atomic E-state index is -0.136. The molecule has 1 atom stereocenters. The Bertz CT molecular complexity index is 666. The molecule has 1 heterocycles. The van der Waals surface area contributed by atoms with Crippen LogP contribution in [0, 0.1) is 12.7 Å². The summed E-state index contributed by atoms with van der Waals surface area (Å²) in [4.78, 5) is 2.31. The zero-order chi connectivity index (χ0) is 15.0. The van der Waals surface area contributed by atoms with E-state index >= 15 is 0 Å². The third-order valence-corrected chi connectivity index (χ3v) is 4.39. The lowest BCUT2D eigenvalue weighted by Crippen LogP contribution is -2.20. The van der Waals surface area contributed by atoms with Gasteiger partial charge in [-0.1, -0.05) is 18.2 Å². The lowest BCUT2D eigenvalue weighted by molar-refractivity contribution is 0.601. The molecule has 2 nitrogen and oxygen atoms in total. The van der Waals surface area contributed by atoms with Crippen LogP contribution in [0.4, 0.5) is 15.8 Å². The largest absolute Gasteiger partial charge is 0.341 e. The molecule has 2 aromatic rings. The summed E-state index contributed by atoms with van der Waals surface area (Å²) in [5.41, 5.74) is 5.43. The van der Waals surface area contributed by atoms with Crippen molar-refractivity contribution in [1.29, 1.82) is 0 Å². The monoisotopic (exact) mass is 284 g/mol.